The summed E-state index contributed by atoms with van der Waals surface area (Å²) >= 11 is 0. The van der Waals surface area contributed by atoms with E-state index in [0.717, 1.165) is 12.2 Å². The van der Waals surface area contributed by atoms with Crippen molar-refractivity contribution in [3.8, 4) is 5.75 Å². The van der Waals surface area contributed by atoms with Gasteiger partial charge in [0.05, 0.1) is 13.2 Å². The third-order valence-corrected chi connectivity index (χ3v) is 3.07. The van der Waals surface area contributed by atoms with E-state index < -0.39 is 0 Å². The zero-order valence-electron chi connectivity index (χ0n) is 12.1. The standard InChI is InChI=1S/C16H20N2O3/c1-18(16(19)15-9-8-14(12-17)21-15)10-5-11-20-13-6-3-2-4-7-13/h2-4,6-9H,5,10-12,17H2,1H3. The summed E-state index contributed by atoms with van der Waals surface area (Å²) in [6.45, 7) is 1.46. The van der Waals surface area contributed by atoms with Crippen LogP contribution in [-0.4, -0.2) is 31.0 Å². The summed E-state index contributed by atoms with van der Waals surface area (Å²) in [5.74, 6) is 1.63. The Morgan fingerprint density at radius 2 is 2.00 bits per heavy atom. The molecular weight excluding hydrogens is 268 g/mol. The average Bonchev–Trinajstić information content (AvgIpc) is 3.00. The number of amides is 1. The van der Waals surface area contributed by atoms with Gasteiger partial charge in [0.15, 0.2) is 5.76 Å². The first-order chi connectivity index (χ1) is 10.2. The van der Waals surface area contributed by atoms with E-state index in [2.05, 4.69) is 0 Å². The molecule has 112 valence electrons. The van der Waals surface area contributed by atoms with Crippen molar-refractivity contribution in [3.05, 3.63) is 54.0 Å². The average molecular weight is 288 g/mol. The second-order valence-corrected chi connectivity index (χ2v) is 4.71. The van der Waals surface area contributed by atoms with E-state index in [1.807, 2.05) is 30.3 Å². The van der Waals surface area contributed by atoms with E-state index in [0.29, 0.717) is 31.2 Å². The highest BCUT2D eigenvalue weighted by Gasteiger charge is 2.15. The quantitative estimate of drug-likeness (QED) is 0.794. The van der Waals surface area contributed by atoms with Crippen LogP contribution in [0.1, 0.15) is 22.7 Å². The van der Waals surface area contributed by atoms with Gasteiger partial charge in [-0.05, 0) is 30.7 Å². The van der Waals surface area contributed by atoms with Gasteiger partial charge < -0.3 is 19.8 Å². The van der Waals surface area contributed by atoms with Gasteiger partial charge in [-0.25, -0.2) is 0 Å². The molecule has 0 spiro atoms. The van der Waals surface area contributed by atoms with Gasteiger partial charge in [0.25, 0.3) is 5.91 Å². The molecular formula is C16H20N2O3. The molecule has 21 heavy (non-hydrogen) atoms. The van der Waals surface area contributed by atoms with Crippen molar-refractivity contribution in [2.24, 2.45) is 5.73 Å². The highest BCUT2D eigenvalue weighted by atomic mass is 16.5. The Bertz CT molecular complexity index is 566. The topological polar surface area (TPSA) is 68.7 Å². The largest absolute Gasteiger partial charge is 0.494 e. The Labute approximate surface area is 124 Å². The highest BCUT2D eigenvalue weighted by Crippen LogP contribution is 2.11. The Morgan fingerprint density at radius 3 is 2.67 bits per heavy atom. The molecule has 0 bridgehead atoms. The predicted octanol–water partition coefficient (Wildman–Crippen LogP) is 2.28. The van der Waals surface area contributed by atoms with Crippen LogP contribution >= 0.6 is 0 Å². The predicted molar refractivity (Wildman–Crippen MR) is 80.1 cm³/mol. The fourth-order valence-electron chi connectivity index (χ4n) is 1.90. The fourth-order valence-corrected chi connectivity index (χ4v) is 1.90. The van der Waals surface area contributed by atoms with Crippen molar-refractivity contribution in [1.29, 1.82) is 0 Å². The van der Waals surface area contributed by atoms with Crippen molar-refractivity contribution < 1.29 is 13.9 Å². The molecule has 0 saturated carbocycles. The van der Waals surface area contributed by atoms with Crippen LogP contribution in [0.15, 0.2) is 46.9 Å². The second kappa shape index (κ2) is 7.50. The first-order valence-electron chi connectivity index (χ1n) is 6.93. The van der Waals surface area contributed by atoms with Crippen LogP contribution in [0.2, 0.25) is 0 Å². The monoisotopic (exact) mass is 288 g/mol. The van der Waals surface area contributed by atoms with Crippen molar-refractivity contribution >= 4 is 5.91 Å². The number of nitrogens with two attached hydrogens (primary N) is 1. The van der Waals surface area contributed by atoms with Crippen LogP contribution in [-0.2, 0) is 6.54 Å². The molecule has 0 aliphatic rings. The Kier molecular flexibility index (Phi) is 5.40. The number of para-hydroxylation sites is 1. The molecule has 1 heterocycles. The van der Waals surface area contributed by atoms with E-state index in [-0.39, 0.29) is 5.91 Å². The smallest absolute Gasteiger partial charge is 0.289 e. The van der Waals surface area contributed by atoms with Crippen molar-refractivity contribution in [2.75, 3.05) is 20.2 Å². The zero-order chi connectivity index (χ0) is 15.1. The molecule has 0 aliphatic carbocycles. The van der Waals surface area contributed by atoms with Gasteiger partial charge in [0.2, 0.25) is 0 Å². The maximum Gasteiger partial charge on any atom is 0.289 e. The van der Waals surface area contributed by atoms with E-state index in [4.69, 9.17) is 14.9 Å². The van der Waals surface area contributed by atoms with Gasteiger partial charge in [0.1, 0.15) is 11.5 Å². The number of ether oxygens (including phenoxy) is 1. The minimum Gasteiger partial charge on any atom is -0.494 e. The maximum atomic E-state index is 12.1. The van der Waals surface area contributed by atoms with Gasteiger partial charge in [-0.1, -0.05) is 18.2 Å². The summed E-state index contributed by atoms with van der Waals surface area (Å²) in [5.41, 5.74) is 5.46. The molecule has 1 aromatic heterocycles. The molecule has 5 heteroatoms. The fraction of sp³-hybridized carbons (Fsp3) is 0.312. The van der Waals surface area contributed by atoms with Crippen LogP contribution in [0, 0.1) is 0 Å². The number of benzene rings is 1. The number of rotatable bonds is 7. The number of carbonyl (C=O) groups excluding carboxylic acids is 1. The molecule has 0 radical (unpaired) electrons. The number of carbonyl (C=O) groups is 1. The molecule has 0 atom stereocenters. The van der Waals surface area contributed by atoms with Crippen LogP contribution in [0.3, 0.4) is 0 Å². The molecule has 1 aromatic carbocycles. The van der Waals surface area contributed by atoms with E-state index in [1.54, 1.807) is 24.1 Å². The summed E-state index contributed by atoms with van der Waals surface area (Å²) in [6.07, 6.45) is 0.752. The summed E-state index contributed by atoms with van der Waals surface area (Å²) < 4.78 is 10.9. The molecule has 2 rings (SSSR count). The second-order valence-electron chi connectivity index (χ2n) is 4.71. The molecule has 5 nitrogen and oxygen atoms in total. The van der Waals surface area contributed by atoms with Crippen LogP contribution < -0.4 is 10.5 Å². The first kappa shape index (κ1) is 15.1. The minimum absolute atomic E-state index is 0.144. The summed E-state index contributed by atoms with van der Waals surface area (Å²) in [5, 5.41) is 0. The lowest BCUT2D eigenvalue weighted by molar-refractivity contribution is 0.0754. The number of hydrogen-bond acceptors (Lipinski definition) is 4. The first-order valence-corrected chi connectivity index (χ1v) is 6.93. The van der Waals surface area contributed by atoms with Gasteiger partial charge in [0, 0.05) is 13.6 Å². The molecule has 0 unspecified atom stereocenters. The van der Waals surface area contributed by atoms with Crippen LogP contribution in [0.25, 0.3) is 0 Å². The van der Waals surface area contributed by atoms with E-state index in [9.17, 15) is 4.79 Å². The van der Waals surface area contributed by atoms with Crippen molar-refractivity contribution in [2.45, 2.75) is 13.0 Å². The molecule has 0 saturated heterocycles. The lowest BCUT2D eigenvalue weighted by Crippen LogP contribution is -2.28. The SMILES string of the molecule is CN(CCCOc1ccccc1)C(=O)c1ccc(CN)o1. The van der Waals surface area contributed by atoms with Gasteiger partial charge in [-0.3, -0.25) is 4.79 Å². The third kappa shape index (κ3) is 4.36. The maximum absolute atomic E-state index is 12.1. The van der Waals surface area contributed by atoms with Crippen molar-refractivity contribution in [1.82, 2.24) is 4.90 Å². The van der Waals surface area contributed by atoms with E-state index in [1.165, 1.54) is 0 Å². The van der Waals surface area contributed by atoms with Gasteiger partial charge >= 0.3 is 0 Å². The minimum atomic E-state index is -0.144. The molecule has 2 aromatic rings. The molecule has 0 fully saturated rings. The molecule has 2 N–H and O–H groups in total. The summed E-state index contributed by atoms with van der Waals surface area (Å²) in [4.78, 5) is 13.7. The summed E-state index contributed by atoms with van der Waals surface area (Å²) in [7, 11) is 1.75. The summed E-state index contributed by atoms with van der Waals surface area (Å²) in [6, 6.07) is 13.0. The molecule has 1 amide bonds. The number of furan rings is 1. The van der Waals surface area contributed by atoms with Crippen LogP contribution in [0.5, 0.6) is 5.75 Å². The Morgan fingerprint density at radius 1 is 1.24 bits per heavy atom. The van der Waals surface area contributed by atoms with Gasteiger partial charge in [-0.2, -0.15) is 0 Å². The van der Waals surface area contributed by atoms with Crippen molar-refractivity contribution in [3.63, 3.8) is 0 Å². The zero-order valence-corrected chi connectivity index (χ0v) is 12.1. The number of hydrogen-bond donors (Lipinski definition) is 1. The van der Waals surface area contributed by atoms with E-state index >= 15 is 0 Å². The lowest BCUT2D eigenvalue weighted by Gasteiger charge is -2.15. The highest BCUT2D eigenvalue weighted by molar-refractivity contribution is 5.91. The Hall–Kier alpha value is -2.27. The van der Waals surface area contributed by atoms with Gasteiger partial charge in [-0.15, -0.1) is 0 Å². The normalized spacial score (nSPS) is 10.4. The number of nitrogens with zero attached hydrogens (tertiary/aromatic N) is 1. The molecule has 0 aliphatic heterocycles. The Balaban J connectivity index is 1.74. The van der Waals surface area contributed by atoms with Crippen LogP contribution in [0.4, 0.5) is 0 Å². The third-order valence-electron chi connectivity index (χ3n) is 3.07. The lowest BCUT2D eigenvalue weighted by atomic mass is 10.3.